The van der Waals surface area contributed by atoms with Gasteiger partial charge in [0.05, 0.1) is 0 Å². The van der Waals surface area contributed by atoms with Gasteiger partial charge in [-0.15, -0.1) is 0 Å². The number of rotatable bonds is 0. The van der Waals surface area contributed by atoms with Crippen LogP contribution in [0.1, 0.15) is 11.1 Å². The number of nitrogens with one attached hydrogen (secondary N) is 1. The molecule has 2 heterocycles. The van der Waals surface area contributed by atoms with Crippen LogP contribution >= 0.6 is 45.2 Å². The minimum atomic E-state index is 0.984. The summed E-state index contributed by atoms with van der Waals surface area (Å²) < 4.78 is 2.26. The first-order valence-corrected chi connectivity index (χ1v) is 5.97. The zero-order valence-electron chi connectivity index (χ0n) is 6.40. The summed E-state index contributed by atoms with van der Waals surface area (Å²) in [6.07, 6.45) is 1.14. The van der Waals surface area contributed by atoms with Crippen LogP contribution in [0.4, 0.5) is 0 Å². The smallest absolute Gasteiger partial charge is 0.107 e. The molecular weight excluding hydrogens is 378 g/mol. The van der Waals surface area contributed by atoms with Gasteiger partial charge in [0.2, 0.25) is 0 Å². The highest BCUT2D eigenvalue weighted by atomic mass is 127. The zero-order chi connectivity index (χ0) is 8.55. The van der Waals surface area contributed by atoms with Crippen molar-refractivity contribution in [2.45, 2.75) is 13.0 Å². The molecule has 1 aliphatic heterocycles. The summed E-state index contributed by atoms with van der Waals surface area (Å²) in [7, 11) is 0. The number of hydrogen-bond acceptors (Lipinski definition) is 2. The molecule has 1 aromatic heterocycles. The largest absolute Gasteiger partial charge is 0.312 e. The molecule has 0 radical (unpaired) electrons. The Morgan fingerprint density at radius 3 is 3.08 bits per heavy atom. The molecule has 64 valence electrons. The molecule has 0 aromatic carbocycles. The molecule has 2 nitrogen and oxygen atoms in total. The molecule has 0 bridgehead atoms. The Labute approximate surface area is 98.8 Å². The second-order valence-electron chi connectivity index (χ2n) is 2.80. The molecule has 2 rings (SSSR count). The SMILES string of the molecule is Ic1cc2c(c(I)n1)CNCC2. The van der Waals surface area contributed by atoms with Gasteiger partial charge in [0.25, 0.3) is 0 Å². The molecule has 4 heteroatoms. The van der Waals surface area contributed by atoms with Crippen LogP contribution in [0.3, 0.4) is 0 Å². The predicted octanol–water partition coefficient (Wildman–Crippen LogP) is 1.94. The first-order valence-electron chi connectivity index (χ1n) is 3.82. The monoisotopic (exact) mass is 386 g/mol. The van der Waals surface area contributed by atoms with Crippen molar-refractivity contribution >= 4 is 45.2 Å². The van der Waals surface area contributed by atoms with Crippen molar-refractivity contribution in [3.05, 3.63) is 24.6 Å². The lowest BCUT2D eigenvalue weighted by Gasteiger charge is -2.17. The van der Waals surface area contributed by atoms with Crippen molar-refractivity contribution in [2.24, 2.45) is 0 Å². The normalized spacial score (nSPS) is 15.8. The zero-order valence-corrected chi connectivity index (χ0v) is 10.7. The van der Waals surface area contributed by atoms with Crippen LogP contribution in [0.2, 0.25) is 0 Å². The summed E-state index contributed by atoms with van der Waals surface area (Å²) in [5.74, 6) is 0. The van der Waals surface area contributed by atoms with E-state index >= 15 is 0 Å². The third-order valence-corrected chi connectivity index (χ3v) is 3.45. The van der Waals surface area contributed by atoms with E-state index in [1.165, 1.54) is 11.1 Å². The van der Waals surface area contributed by atoms with E-state index in [1.54, 1.807) is 0 Å². The van der Waals surface area contributed by atoms with E-state index in [4.69, 9.17) is 0 Å². The number of aromatic nitrogens is 1. The lowest BCUT2D eigenvalue weighted by molar-refractivity contribution is 0.636. The molecule has 1 N–H and O–H groups in total. The third kappa shape index (κ3) is 1.74. The lowest BCUT2D eigenvalue weighted by Crippen LogP contribution is -2.25. The van der Waals surface area contributed by atoms with Gasteiger partial charge in [-0.2, -0.15) is 0 Å². The summed E-state index contributed by atoms with van der Waals surface area (Å²) in [5, 5.41) is 3.35. The summed E-state index contributed by atoms with van der Waals surface area (Å²) in [6, 6.07) is 2.19. The molecule has 0 fully saturated rings. The molecule has 12 heavy (non-hydrogen) atoms. The van der Waals surface area contributed by atoms with Crippen LogP contribution in [0, 0.1) is 7.40 Å². The van der Waals surface area contributed by atoms with Gasteiger partial charge in [-0.05, 0) is 69.8 Å². The van der Waals surface area contributed by atoms with E-state index in [0.29, 0.717) is 0 Å². The second-order valence-corrected chi connectivity index (χ2v) is 4.93. The first-order chi connectivity index (χ1) is 5.77. The average Bonchev–Trinajstić information content (AvgIpc) is 2.04. The van der Waals surface area contributed by atoms with Crippen molar-refractivity contribution < 1.29 is 0 Å². The van der Waals surface area contributed by atoms with Gasteiger partial charge in [0, 0.05) is 12.1 Å². The Balaban J connectivity index is 2.53. The molecule has 0 atom stereocenters. The summed E-state index contributed by atoms with van der Waals surface area (Å²) in [6.45, 7) is 2.08. The summed E-state index contributed by atoms with van der Waals surface area (Å²) >= 11 is 4.59. The lowest BCUT2D eigenvalue weighted by atomic mass is 10.0. The van der Waals surface area contributed by atoms with E-state index in [9.17, 15) is 0 Å². The number of halogens is 2. The van der Waals surface area contributed by atoms with E-state index in [1.807, 2.05) is 0 Å². The molecule has 0 unspecified atom stereocenters. The van der Waals surface area contributed by atoms with Gasteiger partial charge in [0.15, 0.2) is 0 Å². The van der Waals surface area contributed by atoms with Crippen molar-refractivity contribution in [3.63, 3.8) is 0 Å². The molecule has 0 saturated carbocycles. The van der Waals surface area contributed by atoms with Gasteiger partial charge in [0.1, 0.15) is 7.40 Å². The predicted molar refractivity (Wildman–Crippen MR) is 65.1 cm³/mol. The minimum absolute atomic E-state index is 0.984. The maximum absolute atomic E-state index is 4.42. The maximum Gasteiger partial charge on any atom is 0.107 e. The maximum atomic E-state index is 4.42. The molecule has 0 amide bonds. The molecule has 0 spiro atoms. The Morgan fingerprint density at radius 1 is 1.42 bits per heavy atom. The van der Waals surface area contributed by atoms with Crippen LogP contribution in [0.5, 0.6) is 0 Å². The quantitative estimate of drug-likeness (QED) is 0.545. The van der Waals surface area contributed by atoms with Crippen molar-refractivity contribution in [2.75, 3.05) is 6.54 Å². The van der Waals surface area contributed by atoms with E-state index in [-0.39, 0.29) is 0 Å². The Hall–Kier alpha value is 0.570. The highest BCUT2D eigenvalue weighted by Crippen LogP contribution is 2.20. The molecule has 1 aromatic rings. The fraction of sp³-hybridized carbons (Fsp3) is 0.375. The number of fused-ring (bicyclic) bond motifs is 1. The standard InChI is InChI=1S/C8H8I2N2/c9-7-3-5-1-2-11-4-6(5)8(10)12-7/h3,11H,1-2,4H2. The number of pyridine rings is 1. The fourth-order valence-corrected chi connectivity index (χ4v) is 3.28. The van der Waals surface area contributed by atoms with E-state index in [0.717, 1.165) is 26.9 Å². The number of hydrogen-bond donors (Lipinski definition) is 1. The topological polar surface area (TPSA) is 24.9 Å². The summed E-state index contributed by atoms with van der Waals surface area (Å²) in [4.78, 5) is 4.42. The van der Waals surface area contributed by atoms with E-state index in [2.05, 4.69) is 61.5 Å². The highest BCUT2D eigenvalue weighted by molar-refractivity contribution is 14.1. The molecule has 0 aliphatic carbocycles. The highest BCUT2D eigenvalue weighted by Gasteiger charge is 2.12. The first kappa shape index (κ1) is 9.14. The third-order valence-electron chi connectivity index (χ3n) is 2.01. The van der Waals surface area contributed by atoms with Gasteiger partial charge >= 0.3 is 0 Å². The molecule has 0 saturated heterocycles. The number of nitrogens with zero attached hydrogens (tertiary/aromatic N) is 1. The molecule has 1 aliphatic rings. The van der Waals surface area contributed by atoms with Gasteiger partial charge in [-0.1, -0.05) is 0 Å². The van der Waals surface area contributed by atoms with Crippen LogP contribution in [0.15, 0.2) is 6.07 Å². The van der Waals surface area contributed by atoms with Crippen LogP contribution in [-0.4, -0.2) is 11.5 Å². The Kier molecular flexibility index (Phi) is 2.85. The van der Waals surface area contributed by atoms with Crippen molar-refractivity contribution in [3.8, 4) is 0 Å². The van der Waals surface area contributed by atoms with Crippen LogP contribution < -0.4 is 5.32 Å². The Bertz CT molecular complexity index is 312. The van der Waals surface area contributed by atoms with Crippen molar-refractivity contribution in [1.82, 2.24) is 10.3 Å². The Morgan fingerprint density at radius 2 is 2.25 bits per heavy atom. The summed E-state index contributed by atoms with van der Waals surface area (Å²) in [5.41, 5.74) is 2.86. The fourth-order valence-electron chi connectivity index (χ4n) is 1.40. The van der Waals surface area contributed by atoms with Gasteiger partial charge in [-0.25, -0.2) is 4.98 Å². The second kappa shape index (κ2) is 3.75. The molecular formula is C8H8I2N2. The van der Waals surface area contributed by atoms with Gasteiger partial charge < -0.3 is 5.32 Å². The minimum Gasteiger partial charge on any atom is -0.312 e. The van der Waals surface area contributed by atoms with Crippen LogP contribution in [-0.2, 0) is 13.0 Å². The van der Waals surface area contributed by atoms with Crippen molar-refractivity contribution in [1.29, 1.82) is 0 Å². The average molecular weight is 386 g/mol. The van der Waals surface area contributed by atoms with Crippen LogP contribution in [0.25, 0.3) is 0 Å². The van der Waals surface area contributed by atoms with Gasteiger partial charge in [-0.3, -0.25) is 0 Å². The van der Waals surface area contributed by atoms with E-state index < -0.39 is 0 Å².